The Hall–Kier alpha value is -1.10. The zero-order chi connectivity index (χ0) is 18.1. The standard InChI is InChI=1S/C22H33NO3/c1-23(6-7-24)14-20(25)15-26-21-4-2-19(3-5-21)22-11-16-8-17(12-22)10-18(9-16)13-22/h2-5,16-18,20,24-25H,6-15H2,1H3. The van der Waals surface area contributed by atoms with Crippen molar-refractivity contribution in [3.63, 3.8) is 0 Å². The van der Waals surface area contributed by atoms with E-state index in [1.165, 1.54) is 44.1 Å². The van der Waals surface area contributed by atoms with E-state index in [1.807, 2.05) is 11.9 Å². The fourth-order valence-corrected chi connectivity index (χ4v) is 6.24. The number of ether oxygens (including phenoxy) is 1. The van der Waals surface area contributed by atoms with Crippen LogP contribution in [0.4, 0.5) is 0 Å². The maximum atomic E-state index is 10.1. The molecule has 1 aromatic rings. The Labute approximate surface area is 157 Å². The van der Waals surface area contributed by atoms with Gasteiger partial charge in [-0.25, -0.2) is 0 Å². The van der Waals surface area contributed by atoms with Crippen LogP contribution < -0.4 is 4.74 Å². The summed E-state index contributed by atoms with van der Waals surface area (Å²) in [5.41, 5.74) is 1.94. The van der Waals surface area contributed by atoms with Gasteiger partial charge in [0.25, 0.3) is 0 Å². The van der Waals surface area contributed by atoms with Gasteiger partial charge in [-0.15, -0.1) is 0 Å². The number of aliphatic hydroxyl groups is 2. The third-order valence-electron chi connectivity index (χ3n) is 6.95. The number of aliphatic hydroxyl groups excluding tert-OH is 2. The molecule has 1 atom stereocenters. The molecule has 4 bridgehead atoms. The second-order valence-electron chi connectivity index (χ2n) is 9.17. The molecule has 1 aromatic carbocycles. The Morgan fingerprint density at radius 2 is 1.65 bits per heavy atom. The van der Waals surface area contributed by atoms with Crippen LogP contribution in [-0.2, 0) is 5.41 Å². The maximum absolute atomic E-state index is 10.1. The molecule has 0 saturated heterocycles. The third-order valence-corrected chi connectivity index (χ3v) is 6.95. The van der Waals surface area contributed by atoms with Gasteiger partial charge in [0.15, 0.2) is 0 Å². The van der Waals surface area contributed by atoms with Crippen molar-refractivity contribution in [3.8, 4) is 5.75 Å². The lowest BCUT2D eigenvalue weighted by molar-refractivity contribution is -0.00522. The predicted octanol–water partition coefficient (Wildman–Crippen LogP) is 2.82. The fourth-order valence-electron chi connectivity index (χ4n) is 6.24. The second kappa shape index (κ2) is 7.49. The first-order chi connectivity index (χ1) is 12.6. The molecule has 2 N–H and O–H groups in total. The molecule has 26 heavy (non-hydrogen) atoms. The molecule has 0 aromatic heterocycles. The van der Waals surface area contributed by atoms with Crippen LogP contribution in [0, 0.1) is 17.8 Å². The summed E-state index contributed by atoms with van der Waals surface area (Å²) in [7, 11) is 1.89. The van der Waals surface area contributed by atoms with E-state index >= 15 is 0 Å². The summed E-state index contributed by atoms with van der Waals surface area (Å²) in [5, 5.41) is 19.0. The molecule has 0 spiro atoms. The van der Waals surface area contributed by atoms with Crippen LogP contribution in [0.15, 0.2) is 24.3 Å². The van der Waals surface area contributed by atoms with Crippen molar-refractivity contribution in [1.82, 2.24) is 4.90 Å². The van der Waals surface area contributed by atoms with E-state index in [0.717, 1.165) is 23.5 Å². The lowest BCUT2D eigenvalue weighted by Crippen LogP contribution is -2.48. The molecular formula is C22H33NO3. The molecule has 1 unspecified atom stereocenters. The van der Waals surface area contributed by atoms with E-state index in [-0.39, 0.29) is 13.2 Å². The Bertz CT molecular complexity index is 565. The predicted molar refractivity (Wildman–Crippen MR) is 102 cm³/mol. The molecule has 0 heterocycles. The highest BCUT2D eigenvalue weighted by Gasteiger charge is 2.51. The summed E-state index contributed by atoms with van der Waals surface area (Å²) >= 11 is 0. The van der Waals surface area contributed by atoms with Gasteiger partial charge in [-0.2, -0.15) is 0 Å². The number of benzene rings is 1. The van der Waals surface area contributed by atoms with Gasteiger partial charge in [0.2, 0.25) is 0 Å². The highest BCUT2D eigenvalue weighted by atomic mass is 16.5. The molecule has 4 heteroatoms. The van der Waals surface area contributed by atoms with Crippen molar-refractivity contribution in [2.75, 3.05) is 33.4 Å². The van der Waals surface area contributed by atoms with Gasteiger partial charge in [0.1, 0.15) is 18.5 Å². The molecule has 4 aliphatic carbocycles. The molecule has 144 valence electrons. The van der Waals surface area contributed by atoms with Gasteiger partial charge in [-0.05, 0) is 86.4 Å². The average molecular weight is 360 g/mol. The van der Waals surface area contributed by atoms with Crippen LogP contribution in [0.5, 0.6) is 5.75 Å². The first-order valence-electron chi connectivity index (χ1n) is 10.3. The average Bonchev–Trinajstić information content (AvgIpc) is 2.59. The molecule has 0 aliphatic heterocycles. The first kappa shape index (κ1) is 18.3. The summed E-state index contributed by atoms with van der Waals surface area (Å²) in [6.07, 6.45) is 8.03. The van der Waals surface area contributed by atoms with Crippen LogP contribution in [0.25, 0.3) is 0 Å². The highest BCUT2D eigenvalue weighted by molar-refractivity contribution is 5.34. The van der Waals surface area contributed by atoms with Crippen molar-refractivity contribution in [2.45, 2.75) is 50.0 Å². The van der Waals surface area contributed by atoms with E-state index < -0.39 is 6.10 Å². The number of hydrogen-bond acceptors (Lipinski definition) is 4. The lowest BCUT2D eigenvalue weighted by atomic mass is 9.48. The van der Waals surface area contributed by atoms with Crippen molar-refractivity contribution in [2.24, 2.45) is 17.8 Å². The molecular weight excluding hydrogens is 326 g/mol. The first-order valence-corrected chi connectivity index (χ1v) is 10.3. The zero-order valence-electron chi connectivity index (χ0n) is 15.9. The van der Waals surface area contributed by atoms with Gasteiger partial charge in [0, 0.05) is 13.1 Å². The van der Waals surface area contributed by atoms with Gasteiger partial charge in [-0.1, -0.05) is 12.1 Å². The molecule has 0 radical (unpaired) electrons. The van der Waals surface area contributed by atoms with Crippen molar-refractivity contribution in [3.05, 3.63) is 29.8 Å². The lowest BCUT2D eigenvalue weighted by Gasteiger charge is -2.57. The van der Waals surface area contributed by atoms with Crippen LogP contribution in [0.1, 0.15) is 44.1 Å². The van der Waals surface area contributed by atoms with Crippen molar-refractivity contribution in [1.29, 1.82) is 0 Å². The molecule has 0 amide bonds. The minimum Gasteiger partial charge on any atom is -0.491 e. The summed E-state index contributed by atoms with van der Waals surface area (Å²) in [6.45, 7) is 1.46. The number of rotatable bonds is 8. The van der Waals surface area contributed by atoms with Crippen LogP contribution >= 0.6 is 0 Å². The molecule has 5 rings (SSSR count). The SMILES string of the molecule is CN(CCO)CC(O)COc1ccc(C23CC4CC(CC(C4)C2)C3)cc1. The van der Waals surface area contributed by atoms with E-state index in [0.29, 0.717) is 18.5 Å². The molecule has 4 saturated carbocycles. The van der Waals surface area contributed by atoms with Crippen LogP contribution in [0.3, 0.4) is 0 Å². The van der Waals surface area contributed by atoms with E-state index in [9.17, 15) is 5.11 Å². The summed E-state index contributed by atoms with van der Waals surface area (Å²) in [4.78, 5) is 1.91. The fraction of sp³-hybridized carbons (Fsp3) is 0.727. The molecule has 4 aliphatic rings. The normalized spacial score (nSPS) is 33.6. The van der Waals surface area contributed by atoms with Crippen molar-refractivity contribution >= 4 is 0 Å². The Morgan fingerprint density at radius 1 is 1.08 bits per heavy atom. The van der Waals surface area contributed by atoms with E-state index in [2.05, 4.69) is 24.3 Å². The largest absolute Gasteiger partial charge is 0.491 e. The van der Waals surface area contributed by atoms with Gasteiger partial charge in [-0.3, -0.25) is 0 Å². The Balaban J connectivity index is 1.34. The van der Waals surface area contributed by atoms with E-state index in [4.69, 9.17) is 9.84 Å². The van der Waals surface area contributed by atoms with E-state index in [1.54, 1.807) is 0 Å². The summed E-state index contributed by atoms with van der Waals surface area (Å²) in [6, 6.07) is 8.70. The molecule has 4 fully saturated rings. The molecule has 4 nitrogen and oxygen atoms in total. The van der Waals surface area contributed by atoms with Gasteiger partial charge in [0.05, 0.1) is 6.61 Å². The Morgan fingerprint density at radius 3 is 2.19 bits per heavy atom. The monoisotopic (exact) mass is 359 g/mol. The van der Waals surface area contributed by atoms with Crippen LogP contribution in [0.2, 0.25) is 0 Å². The maximum Gasteiger partial charge on any atom is 0.119 e. The third kappa shape index (κ3) is 3.78. The van der Waals surface area contributed by atoms with Gasteiger partial charge >= 0.3 is 0 Å². The smallest absolute Gasteiger partial charge is 0.119 e. The topological polar surface area (TPSA) is 52.9 Å². The van der Waals surface area contributed by atoms with Crippen LogP contribution in [-0.4, -0.2) is 54.6 Å². The number of hydrogen-bond donors (Lipinski definition) is 2. The Kier molecular flexibility index (Phi) is 5.27. The zero-order valence-corrected chi connectivity index (χ0v) is 15.9. The highest BCUT2D eigenvalue weighted by Crippen LogP contribution is 2.60. The van der Waals surface area contributed by atoms with Gasteiger partial charge < -0.3 is 19.8 Å². The van der Waals surface area contributed by atoms with Crippen molar-refractivity contribution < 1.29 is 14.9 Å². The minimum atomic E-state index is -0.547. The minimum absolute atomic E-state index is 0.107. The quantitative estimate of drug-likeness (QED) is 0.749. The number of nitrogens with zero attached hydrogens (tertiary/aromatic N) is 1. The summed E-state index contributed by atoms with van der Waals surface area (Å²) < 4.78 is 5.78. The number of likely N-dealkylation sites (N-methyl/N-ethyl adjacent to an activating group) is 1. The second-order valence-corrected chi connectivity index (χ2v) is 9.17. The summed E-state index contributed by atoms with van der Waals surface area (Å²) in [5.74, 6) is 3.72.